The second kappa shape index (κ2) is 5.57. The lowest BCUT2D eigenvalue weighted by Crippen LogP contribution is -2.45. The molecule has 0 aromatic heterocycles. The molecule has 3 nitrogen and oxygen atoms in total. The largest absolute Gasteiger partial charge is 0.324 e. The van der Waals surface area contributed by atoms with Crippen molar-refractivity contribution in [1.29, 1.82) is 0 Å². The summed E-state index contributed by atoms with van der Waals surface area (Å²) < 4.78 is 0. The van der Waals surface area contributed by atoms with E-state index in [2.05, 4.69) is 28.9 Å². The zero-order chi connectivity index (χ0) is 13.1. The van der Waals surface area contributed by atoms with Crippen molar-refractivity contribution >= 4 is 11.6 Å². The smallest absolute Gasteiger partial charge is 0.241 e. The summed E-state index contributed by atoms with van der Waals surface area (Å²) in [7, 11) is 0. The Kier molecular flexibility index (Phi) is 3.65. The Morgan fingerprint density at radius 1 is 1.16 bits per heavy atom. The number of benzene rings is 1. The average molecular weight is 256 g/mol. The summed E-state index contributed by atoms with van der Waals surface area (Å²) in [4.78, 5) is 12.3. The van der Waals surface area contributed by atoms with Gasteiger partial charge in [-0.15, -0.1) is 0 Å². The van der Waals surface area contributed by atoms with E-state index in [1.165, 1.54) is 5.56 Å². The second-order valence-electron chi connectivity index (χ2n) is 5.39. The van der Waals surface area contributed by atoms with E-state index in [9.17, 15) is 4.79 Å². The Bertz CT molecular complexity index is 495. The summed E-state index contributed by atoms with van der Waals surface area (Å²) in [6.07, 6.45) is 9.56. The number of anilines is 1. The highest BCUT2D eigenvalue weighted by Gasteiger charge is 2.25. The van der Waals surface area contributed by atoms with Crippen LogP contribution in [0.3, 0.4) is 0 Å². The van der Waals surface area contributed by atoms with Crippen molar-refractivity contribution in [3.05, 3.63) is 42.0 Å². The Morgan fingerprint density at radius 2 is 2.05 bits per heavy atom. The van der Waals surface area contributed by atoms with Crippen LogP contribution in [0.5, 0.6) is 0 Å². The van der Waals surface area contributed by atoms with Crippen molar-refractivity contribution in [3.63, 3.8) is 0 Å². The molecule has 1 aromatic rings. The van der Waals surface area contributed by atoms with Crippen molar-refractivity contribution in [3.8, 4) is 0 Å². The lowest BCUT2D eigenvalue weighted by molar-refractivity contribution is -0.118. The van der Waals surface area contributed by atoms with E-state index >= 15 is 0 Å². The third kappa shape index (κ3) is 2.87. The van der Waals surface area contributed by atoms with Gasteiger partial charge in [0.15, 0.2) is 0 Å². The van der Waals surface area contributed by atoms with Crippen LogP contribution in [0.15, 0.2) is 36.4 Å². The normalized spacial score (nSPS) is 26.4. The van der Waals surface area contributed by atoms with Crippen LogP contribution in [0.2, 0.25) is 0 Å². The van der Waals surface area contributed by atoms with Gasteiger partial charge in [-0.2, -0.15) is 0 Å². The molecule has 1 aliphatic carbocycles. The van der Waals surface area contributed by atoms with Crippen LogP contribution in [0.25, 0.3) is 0 Å². The lowest BCUT2D eigenvalue weighted by Gasteiger charge is -2.24. The summed E-state index contributed by atoms with van der Waals surface area (Å²) in [5, 5.41) is 6.56. The molecule has 1 amide bonds. The third-order valence-electron chi connectivity index (χ3n) is 4.00. The molecule has 0 spiro atoms. The molecule has 2 N–H and O–H groups in total. The van der Waals surface area contributed by atoms with Crippen LogP contribution >= 0.6 is 0 Å². The predicted molar refractivity (Wildman–Crippen MR) is 77.1 cm³/mol. The highest BCUT2D eigenvalue weighted by Crippen LogP contribution is 2.22. The Morgan fingerprint density at radius 3 is 2.89 bits per heavy atom. The van der Waals surface area contributed by atoms with Gasteiger partial charge in [0.05, 0.1) is 6.04 Å². The number of amides is 1. The average Bonchev–Trinajstić information content (AvgIpc) is 2.60. The first-order valence-electron chi connectivity index (χ1n) is 7.13. The van der Waals surface area contributed by atoms with E-state index in [0.717, 1.165) is 37.8 Å². The van der Waals surface area contributed by atoms with Crippen LogP contribution in [0, 0.1) is 0 Å². The van der Waals surface area contributed by atoms with E-state index in [1.807, 2.05) is 18.2 Å². The maximum Gasteiger partial charge on any atom is 0.241 e. The molecule has 1 aliphatic heterocycles. The number of hydrogen-bond acceptors (Lipinski definition) is 2. The van der Waals surface area contributed by atoms with E-state index in [0.29, 0.717) is 6.04 Å². The van der Waals surface area contributed by atoms with Gasteiger partial charge >= 0.3 is 0 Å². The van der Waals surface area contributed by atoms with Gasteiger partial charge in [0.2, 0.25) is 5.91 Å². The molecular formula is C16H20N2O. The number of fused-ring (bicyclic) bond motifs is 1. The van der Waals surface area contributed by atoms with Crippen molar-refractivity contribution < 1.29 is 4.79 Å². The van der Waals surface area contributed by atoms with Crippen LogP contribution in [0.4, 0.5) is 5.69 Å². The maximum atomic E-state index is 12.3. The first-order valence-corrected chi connectivity index (χ1v) is 7.13. The molecule has 0 saturated carbocycles. The predicted octanol–water partition coefficient (Wildman–Crippen LogP) is 2.64. The second-order valence-corrected chi connectivity index (χ2v) is 5.39. The molecule has 2 atom stereocenters. The van der Waals surface area contributed by atoms with E-state index in [-0.39, 0.29) is 11.9 Å². The standard InChI is InChI=1S/C16H20N2O/c19-16-15(17-13-7-2-1-3-8-13)11-10-12-6-4-5-9-14(12)18-16/h1-2,4-6,9,13,15,17H,3,7-8,10-11H2,(H,18,19). The number of carbonyl (C=O) groups is 1. The zero-order valence-corrected chi connectivity index (χ0v) is 11.1. The van der Waals surface area contributed by atoms with Crippen LogP contribution < -0.4 is 10.6 Å². The van der Waals surface area contributed by atoms with Crippen LogP contribution in [-0.4, -0.2) is 18.0 Å². The van der Waals surface area contributed by atoms with Gasteiger partial charge in [-0.25, -0.2) is 0 Å². The summed E-state index contributed by atoms with van der Waals surface area (Å²) in [5.74, 6) is 0.111. The number of aryl methyl sites for hydroxylation is 1. The Labute approximate surface area is 114 Å². The first-order chi connectivity index (χ1) is 9.33. The fourth-order valence-corrected chi connectivity index (χ4v) is 2.90. The van der Waals surface area contributed by atoms with Crippen LogP contribution in [-0.2, 0) is 11.2 Å². The molecule has 100 valence electrons. The molecule has 0 radical (unpaired) electrons. The van der Waals surface area contributed by atoms with Gasteiger partial charge < -0.3 is 10.6 Å². The molecule has 0 fully saturated rings. The quantitative estimate of drug-likeness (QED) is 0.799. The summed E-state index contributed by atoms with van der Waals surface area (Å²) in [6, 6.07) is 8.47. The summed E-state index contributed by atoms with van der Waals surface area (Å²) in [5.41, 5.74) is 2.21. The summed E-state index contributed by atoms with van der Waals surface area (Å²) >= 11 is 0. The minimum Gasteiger partial charge on any atom is -0.324 e. The van der Waals surface area contributed by atoms with Gasteiger partial charge in [0.1, 0.15) is 0 Å². The van der Waals surface area contributed by atoms with Crippen LogP contribution in [0.1, 0.15) is 31.2 Å². The SMILES string of the molecule is O=C1Nc2ccccc2CCC1NC1CC=CCC1. The van der Waals surface area contributed by atoms with E-state index in [4.69, 9.17) is 0 Å². The maximum absolute atomic E-state index is 12.3. The number of carbonyl (C=O) groups excluding carboxylic acids is 1. The lowest BCUT2D eigenvalue weighted by atomic mass is 9.99. The van der Waals surface area contributed by atoms with E-state index < -0.39 is 0 Å². The van der Waals surface area contributed by atoms with Crippen molar-refractivity contribution in [1.82, 2.24) is 5.32 Å². The number of allylic oxidation sites excluding steroid dienone is 1. The van der Waals surface area contributed by atoms with Gasteiger partial charge in [-0.05, 0) is 43.7 Å². The van der Waals surface area contributed by atoms with Gasteiger partial charge in [-0.3, -0.25) is 4.79 Å². The molecule has 3 heteroatoms. The molecular weight excluding hydrogens is 236 g/mol. The number of hydrogen-bond donors (Lipinski definition) is 2. The van der Waals surface area contributed by atoms with Crippen molar-refractivity contribution in [2.45, 2.75) is 44.2 Å². The van der Waals surface area contributed by atoms with Gasteiger partial charge in [0, 0.05) is 11.7 Å². The van der Waals surface area contributed by atoms with E-state index in [1.54, 1.807) is 0 Å². The molecule has 19 heavy (non-hydrogen) atoms. The minimum atomic E-state index is -0.0658. The molecule has 0 saturated heterocycles. The Balaban J connectivity index is 1.68. The molecule has 2 aliphatic rings. The number of rotatable bonds is 2. The monoisotopic (exact) mass is 256 g/mol. The molecule has 2 unspecified atom stereocenters. The fraction of sp³-hybridized carbons (Fsp3) is 0.438. The van der Waals surface area contributed by atoms with Gasteiger partial charge in [-0.1, -0.05) is 30.4 Å². The zero-order valence-electron chi connectivity index (χ0n) is 11.1. The highest BCUT2D eigenvalue weighted by molar-refractivity contribution is 5.96. The molecule has 3 rings (SSSR count). The van der Waals surface area contributed by atoms with Gasteiger partial charge in [0.25, 0.3) is 0 Å². The number of para-hydroxylation sites is 1. The fourth-order valence-electron chi connectivity index (χ4n) is 2.90. The van der Waals surface area contributed by atoms with Crippen molar-refractivity contribution in [2.24, 2.45) is 0 Å². The molecule has 0 bridgehead atoms. The topological polar surface area (TPSA) is 41.1 Å². The third-order valence-corrected chi connectivity index (χ3v) is 4.00. The minimum absolute atomic E-state index is 0.0658. The highest BCUT2D eigenvalue weighted by atomic mass is 16.2. The first kappa shape index (κ1) is 12.4. The summed E-state index contributed by atoms with van der Waals surface area (Å²) in [6.45, 7) is 0. The Hall–Kier alpha value is -1.61. The molecule has 1 aromatic carbocycles. The van der Waals surface area contributed by atoms with Crippen molar-refractivity contribution in [2.75, 3.05) is 5.32 Å². The number of nitrogens with one attached hydrogen (secondary N) is 2. The molecule has 1 heterocycles.